The summed E-state index contributed by atoms with van der Waals surface area (Å²) in [5, 5.41) is 32.9. The predicted octanol–water partition coefficient (Wildman–Crippen LogP) is 5.55. The van der Waals surface area contributed by atoms with Crippen LogP contribution < -0.4 is 5.32 Å². The SMILES string of the molecule is CN([C@@H](CCCCNC(=O)OCC1c2ccccc2-c2ccccc21)/C(O)=C/[N+]#N)S(=O)(=O)c1ccc([N+](=O)[O-])cc1. The van der Waals surface area contributed by atoms with Crippen molar-refractivity contribution in [1.29, 1.82) is 5.39 Å². The van der Waals surface area contributed by atoms with Crippen molar-refractivity contribution < 1.29 is 28.0 Å². The second kappa shape index (κ2) is 13.2. The van der Waals surface area contributed by atoms with E-state index in [1.54, 1.807) is 0 Å². The van der Waals surface area contributed by atoms with Gasteiger partial charge in [-0.3, -0.25) is 10.1 Å². The third-order valence-corrected chi connectivity index (χ3v) is 9.09. The molecule has 4 rings (SSSR count). The number of carbonyl (C=O) groups excluding carboxylic acids is 1. The molecule has 42 heavy (non-hydrogen) atoms. The van der Waals surface area contributed by atoms with Gasteiger partial charge >= 0.3 is 12.3 Å². The fraction of sp³-hybridized carbons (Fsp3) is 0.276. The van der Waals surface area contributed by atoms with Gasteiger partial charge in [-0.2, -0.15) is 4.31 Å². The van der Waals surface area contributed by atoms with Gasteiger partial charge < -0.3 is 15.2 Å². The number of nitro groups is 1. The highest BCUT2D eigenvalue weighted by Crippen LogP contribution is 2.44. The first kappa shape index (κ1) is 30.2. The Hall–Kier alpha value is -4.80. The quantitative estimate of drug-likeness (QED) is 0.0908. The molecule has 0 aromatic heterocycles. The van der Waals surface area contributed by atoms with Gasteiger partial charge in [0.25, 0.3) is 5.69 Å². The highest BCUT2D eigenvalue weighted by atomic mass is 32.2. The lowest BCUT2D eigenvalue weighted by molar-refractivity contribution is -0.384. The minimum absolute atomic E-state index is 0.0659. The molecule has 0 saturated carbocycles. The molecule has 1 aliphatic rings. The summed E-state index contributed by atoms with van der Waals surface area (Å²) in [6, 6.07) is 19.3. The highest BCUT2D eigenvalue weighted by molar-refractivity contribution is 7.89. The number of likely N-dealkylation sites (N-methyl/N-ethyl adjacent to an activating group) is 1. The van der Waals surface area contributed by atoms with Gasteiger partial charge in [-0.25, -0.2) is 13.2 Å². The number of alkyl carbamates (subject to hydrolysis) is 1. The number of hydrogen-bond donors (Lipinski definition) is 2. The molecule has 2 N–H and O–H groups in total. The molecule has 3 aromatic carbocycles. The molecule has 218 valence electrons. The zero-order valence-corrected chi connectivity index (χ0v) is 23.6. The van der Waals surface area contributed by atoms with Crippen molar-refractivity contribution in [2.75, 3.05) is 20.2 Å². The fourth-order valence-electron chi connectivity index (χ4n) is 5.04. The maximum atomic E-state index is 13.1. The number of aliphatic hydroxyl groups excluding tert-OH is 1. The fourth-order valence-corrected chi connectivity index (χ4v) is 6.40. The lowest BCUT2D eigenvalue weighted by atomic mass is 9.98. The molecule has 12 nitrogen and oxygen atoms in total. The number of nitrogens with one attached hydrogen (secondary N) is 1. The van der Waals surface area contributed by atoms with E-state index in [4.69, 9.17) is 10.1 Å². The van der Waals surface area contributed by atoms with Gasteiger partial charge in [0.05, 0.1) is 15.9 Å². The van der Waals surface area contributed by atoms with E-state index < -0.39 is 32.8 Å². The molecule has 0 saturated heterocycles. The minimum atomic E-state index is -4.16. The Kier molecular flexibility index (Phi) is 9.51. The van der Waals surface area contributed by atoms with Gasteiger partial charge in [0, 0.05) is 31.6 Å². The number of diazo groups is 1. The van der Waals surface area contributed by atoms with E-state index in [1.807, 2.05) is 36.4 Å². The normalized spacial score (nSPS) is 13.6. The van der Waals surface area contributed by atoms with E-state index in [9.17, 15) is 28.4 Å². The number of nitrogens with zero attached hydrogens (tertiary/aromatic N) is 4. The first-order chi connectivity index (χ1) is 20.1. The van der Waals surface area contributed by atoms with Gasteiger partial charge in [-0.15, -0.1) is 0 Å². The molecule has 1 atom stereocenters. The van der Waals surface area contributed by atoms with Crippen LogP contribution >= 0.6 is 0 Å². The third-order valence-electron chi connectivity index (χ3n) is 7.21. The van der Waals surface area contributed by atoms with E-state index in [-0.39, 0.29) is 36.1 Å². The Bertz CT molecular complexity index is 1590. The molecule has 0 heterocycles. The monoisotopic (exact) mass is 592 g/mol. The van der Waals surface area contributed by atoms with Crippen LogP contribution in [0.1, 0.15) is 36.3 Å². The van der Waals surface area contributed by atoms with Crippen LogP contribution in [-0.4, -0.2) is 55.1 Å². The molecule has 0 unspecified atom stereocenters. The second-order valence-electron chi connectivity index (χ2n) is 9.71. The van der Waals surface area contributed by atoms with Crippen molar-refractivity contribution >= 4 is 21.8 Å². The number of rotatable bonds is 12. The van der Waals surface area contributed by atoms with Crippen molar-refractivity contribution in [2.45, 2.75) is 36.1 Å². The molecule has 0 fully saturated rings. The van der Waals surface area contributed by atoms with E-state index in [0.29, 0.717) is 12.8 Å². The number of unbranched alkanes of at least 4 members (excludes halogenated alkanes) is 1. The number of ether oxygens (including phenoxy) is 1. The summed E-state index contributed by atoms with van der Waals surface area (Å²) < 4.78 is 32.7. The summed E-state index contributed by atoms with van der Waals surface area (Å²) in [5.41, 5.74) is 4.20. The van der Waals surface area contributed by atoms with E-state index in [2.05, 4.69) is 22.4 Å². The maximum absolute atomic E-state index is 13.1. The van der Waals surface area contributed by atoms with Crippen LogP contribution in [0.2, 0.25) is 0 Å². The van der Waals surface area contributed by atoms with Crippen LogP contribution in [0.15, 0.2) is 89.7 Å². The highest BCUT2D eigenvalue weighted by Gasteiger charge is 2.32. The predicted molar refractivity (Wildman–Crippen MR) is 155 cm³/mol. The Morgan fingerprint density at radius 3 is 2.26 bits per heavy atom. The summed E-state index contributed by atoms with van der Waals surface area (Å²) in [4.78, 5) is 25.3. The van der Waals surface area contributed by atoms with Gasteiger partial charge in [-0.05, 0) is 53.6 Å². The van der Waals surface area contributed by atoms with Crippen LogP contribution in [0.4, 0.5) is 10.5 Å². The van der Waals surface area contributed by atoms with Gasteiger partial charge in [0.1, 0.15) is 6.61 Å². The number of aliphatic hydroxyl groups is 1. The summed E-state index contributed by atoms with van der Waals surface area (Å²) in [7, 11) is -2.91. The zero-order chi connectivity index (χ0) is 30.3. The lowest BCUT2D eigenvalue weighted by Gasteiger charge is -2.25. The second-order valence-corrected chi connectivity index (χ2v) is 11.7. The molecule has 1 aliphatic carbocycles. The largest absolute Gasteiger partial charge is 0.504 e. The standard InChI is InChI=1S/C29H29N5O7S/c1-33(42(39,40)21-15-13-20(14-16-21)34(37)38)27(28(35)18-32-30)12-6-7-17-31-29(36)41-19-26-24-10-4-2-8-22(24)23-9-3-5-11-25(23)26/h2-5,8-11,13-16,18,26-27H,6-7,12,17,19H2,1H3,(H-,31,35,36)/p+1/b28-18-/t27-/m0/s1. The molecular formula is C29H30N5O7S+. The van der Waals surface area contributed by atoms with Gasteiger partial charge in [0.2, 0.25) is 15.4 Å². The van der Waals surface area contributed by atoms with Crippen LogP contribution in [0.5, 0.6) is 0 Å². The number of nitro benzene ring substituents is 1. The Labute approximate surface area is 243 Å². The Balaban J connectivity index is 1.30. The van der Waals surface area contributed by atoms with Crippen LogP contribution in [0.3, 0.4) is 0 Å². The van der Waals surface area contributed by atoms with Crippen LogP contribution in [0.25, 0.3) is 16.1 Å². The molecule has 0 radical (unpaired) electrons. The third kappa shape index (κ3) is 6.56. The average Bonchev–Trinajstić information content (AvgIpc) is 3.31. The molecule has 0 spiro atoms. The summed E-state index contributed by atoms with van der Waals surface area (Å²) in [6.07, 6.45) is 1.12. The van der Waals surface area contributed by atoms with Crippen molar-refractivity contribution in [1.82, 2.24) is 9.62 Å². The van der Waals surface area contributed by atoms with Gasteiger partial charge in [0.15, 0.2) is 10.7 Å². The van der Waals surface area contributed by atoms with Crippen molar-refractivity contribution in [3.8, 4) is 11.1 Å². The zero-order valence-electron chi connectivity index (χ0n) is 22.8. The smallest absolute Gasteiger partial charge is 0.407 e. The molecule has 3 aromatic rings. The van der Waals surface area contributed by atoms with Crippen LogP contribution in [0, 0.1) is 15.5 Å². The number of fused-ring (bicyclic) bond motifs is 3. The topological polar surface area (TPSA) is 167 Å². The lowest BCUT2D eigenvalue weighted by Crippen LogP contribution is -2.38. The number of carbonyl (C=O) groups is 1. The first-order valence-electron chi connectivity index (χ1n) is 13.2. The summed E-state index contributed by atoms with van der Waals surface area (Å²) >= 11 is 0. The van der Waals surface area contributed by atoms with E-state index >= 15 is 0 Å². The summed E-state index contributed by atoms with van der Waals surface area (Å²) in [6.45, 7) is 0.424. The van der Waals surface area contributed by atoms with E-state index in [1.165, 1.54) is 7.05 Å². The van der Waals surface area contributed by atoms with Crippen LogP contribution in [-0.2, 0) is 14.8 Å². The minimum Gasteiger partial charge on any atom is -0.504 e. The van der Waals surface area contributed by atoms with Crippen molar-refractivity contribution in [3.05, 3.63) is 111 Å². The average molecular weight is 593 g/mol. The van der Waals surface area contributed by atoms with E-state index in [0.717, 1.165) is 57.0 Å². The number of benzene rings is 3. The molecule has 13 heteroatoms. The number of sulfonamides is 1. The molecule has 1 amide bonds. The summed E-state index contributed by atoms with van der Waals surface area (Å²) in [5.74, 6) is -0.557. The Morgan fingerprint density at radius 2 is 1.69 bits per heavy atom. The molecule has 0 aliphatic heterocycles. The maximum Gasteiger partial charge on any atom is 0.407 e. The number of hydrogen-bond acceptors (Lipinski definition) is 8. The first-order valence-corrected chi connectivity index (χ1v) is 14.6. The Morgan fingerprint density at radius 1 is 1.10 bits per heavy atom. The number of amides is 1. The van der Waals surface area contributed by atoms with Crippen molar-refractivity contribution in [2.24, 2.45) is 0 Å². The van der Waals surface area contributed by atoms with Gasteiger partial charge in [-0.1, -0.05) is 48.5 Å². The molecule has 0 bridgehead atoms. The molecular weight excluding hydrogens is 562 g/mol. The van der Waals surface area contributed by atoms with Crippen molar-refractivity contribution in [3.63, 3.8) is 0 Å². The number of non-ortho nitro benzene ring substituents is 1.